The zero-order chi connectivity index (χ0) is 16.9. The van der Waals surface area contributed by atoms with Crippen LogP contribution in [-0.4, -0.2) is 52.9 Å². The number of hydrogen-bond acceptors (Lipinski definition) is 5. The van der Waals surface area contributed by atoms with Crippen molar-refractivity contribution < 1.29 is 9.53 Å². The number of carbonyl (C=O) groups excluding carboxylic acids is 1. The minimum Gasteiger partial charge on any atom is -0.461 e. The quantitative estimate of drug-likeness (QED) is 0.849. The molecule has 0 spiro atoms. The molecule has 1 saturated heterocycles. The maximum Gasteiger partial charge on any atom is 0.359 e. The summed E-state index contributed by atoms with van der Waals surface area (Å²) in [4.78, 5) is 14.6. The molecule has 1 unspecified atom stereocenters. The minimum atomic E-state index is -0.356. The fourth-order valence-corrected chi connectivity index (χ4v) is 3.01. The second kappa shape index (κ2) is 7.59. The second-order valence-corrected chi connectivity index (χ2v) is 6.09. The number of rotatable bonds is 5. The number of carbonyl (C=O) groups is 1. The van der Waals surface area contributed by atoms with E-state index in [2.05, 4.69) is 22.2 Å². The molecule has 0 amide bonds. The van der Waals surface area contributed by atoms with Crippen molar-refractivity contribution in [2.45, 2.75) is 26.4 Å². The lowest BCUT2D eigenvalue weighted by molar-refractivity contribution is 0.0516. The highest BCUT2D eigenvalue weighted by molar-refractivity contribution is 5.88. The number of nitrogens with zero attached hydrogens (tertiary/aromatic N) is 3. The van der Waals surface area contributed by atoms with Crippen LogP contribution in [0.15, 0.2) is 36.5 Å². The fraction of sp³-hybridized carbons (Fsp3) is 0.444. The van der Waals surface area contributed by atoms with Crippen LogP contribution in [0.2, 0.25) is 0 Å². The SMILES string of the molecule is CCOC(=O)c1nn(-c2ccccc2)cc1CN1CCNC(C)C1. The van der Waals surface area contributed by atoms with Gasteiger partial charge in [-0.3, -0.25) is 4.90 Å². The average molecular weight is 328 g/mol. The Morgan fingerprint density at radius 3 is 2.88 bits per heavy atom. The van der Waals surface area contributed by atoms with Crippen LogP contribution in [0.25, 0.3) is 5.69 Å². The lowest BCUT2D eigenvalue weighted by Gasteiger charge is -2.31. The van der Waals surface area contributed by atoms with Crippen molar-refractivity contribution in [3.8, 4) is 5.69 Å². The normalized spacial score (nSPS) is 18.5. The van der Waals surface area contributed by atoms with E-state index in [1.165, 1.54) is 0 Å². The van der Waals surface area contributed by atoms with E-state index >= 15 is 0 Å². The molecule has 1 fully saturated rings. The van der Waals surface area contributed by atoms with E-state index in [1.54, 1.807) is 4.68 Å². The minimum absolute atomic E-state index is 0.348. The Kier molecular flexibility index (Phi) is 5.27. The van der Waals surface area contributed by atoms with Gasteiger partial charge in [-0.25, -0.2) is 9.48 Å². The summed E-state index contributed by atoms with van der Waals surface area (Å²) in [5.74, 6) is -0.356. The summed E-state index contributed by atoms with van der Waals surface area (Å²) < 4.78 is 6.94. The van der Waals surface area contributed by atoms with Gasteiger partial charge in [0, 0.05) is 44.0 Å². The second-order valence-electron chi connectivity index (χ2n) is 6.09. The number of aromatic nitrogens is 2. The first-order valence-corrected chi connectivity index (χ1v) is 8.44. The zero-order valence-electron chi connectivity index (χ0n) is 14.2. The lowest BCUT2D eigenvalue weighted by atomic mass is 10.2. The Hall–Kier alpha value is -2.18. The van der Waals surface area contributed by atoms with E-state index in [-0.39, 0.29) is 5.97 Å². The van der Waals surface area contributed by atoms with Crippen LogP contribution in [0.3, 0.4) is 0 Å². The third kappa shape index (κ3) is 3.83. The van der Waals surface area contributed by atoms with Gasteiger partial charge < -0.3 is 10.1 Å². The summed E-state index contributed by atoms with van der Waals surface area (Å²) in [5, 5.41) is 7.92. The molecule has 6 nitrogen and oxygen atoms in total. The number of hydrogen-bond donors (Lipinski definition) is 1. The molecule has 2 aromatic rings. The van der Waals surface area contributed by atoms with Gasteiger partial charge in [0.05, 0.1) is 12.3 Å². The van der Waals surface area contributed by atoms with Crippen molar-refractivity contribution in [2.24, 2.45) is 0 Å². The van der Waals surface area contributed by atoms with Crippen LogP contribution in [0, 0.1) is 0 Å². The van der Waals surface area contributed by atoms with E-state index in [0.29, 0.717) is 24.9 Å². The van der Waals surface area contributed by atoms with Crippen LogP contribution in [0.5, 0.6) is 0 Å². The number of para-hydroxylation sites is 1. The summed E-state index contributed by atoms with van der Waals surface area (Å²) in [6, 6.07) is 10.3. The molecule has 0 saturated carbocycles. The molecule has 0 bridgehead atoms. The van der Waals surface area contributed by atoms with Gasteiger partial charge in [0.2, 0.25) is 0 Å². The molecule has 1 aromatic heterocycles. The Balaban J connectivity index is 1.87. The van der Waals surface area contributed by atoms with Crippen LogP contribution >= 0.6 is 0 Å². The first kappa shape index (κ1) is 16.7. The van der Waals surface area contributed by atoms with E-state index in [9.17, 15) is 4.79 Å². The molecule has 1 N–H and O–H groups in total. The molecule has 1 aromatic carbocycles. The highest BCUT2D eigenvalue weighted by Crippen LogP contribution is 2.16. The van der Waals surface area contributed by atoms with Crippen molar-refractivity contribution in [1.82, 2.24) is 20.0 Å². The van der Waals surface area contributed by atoms with Crippen LogP contribution in [-0.2, 0) is 11.3 Å². The third-order valence-electron chi connectivity index (χ3n) is 4.13. The highest BCUT2D eigenvalue weighted by Gasteiger charge is 2.22. The fourth-order valence-electron chi connectivity index (χ4n) is 3.01. The summed E-state index contributed by atoms with van der Waals surface area (Å²) in [7, 11) is 0. The predicted octanol–water partition coefficient (Wildman–Crippen LogP) is 1.84. The van der Waals surface area contributed by atoms with E-state index in [0.717, 1.165) is 30.9 Å². The summed E-state index contributed by atoms with van der Waals surface area (Å²) in [6.45, 7) is 7.91. The van der Waals surface area contributed by atoms with E-state index < -0.39 is 0 Å². The molecule has 1 aliphatic rings. The third-order valence-corrected chi connectivity index (χ3v) is 4.13. The number of ether oxygens (including phenoxy) is 1. The maximum atomic E-state index is 12.3. The number of nitrogens with one attached hydrogen (secondary N) is 1. The Morgan fingerprint density at radius 2 is 2.17 bits per heavy atom. The van der Waals surface area contributed by atoms with Gasteiger partial charge in [-0.1, -0.05) is 18.2 Å². The van der Waals surface area contributed by atoms with Gasteiger partial charge in [0.25, 0.3) is 0 Å². The molecule has 1 aliphatic heterocycles. The van der Waals surface area contributed by atoms with Crippen molar-refractivity contribution >= 4 is 5.97 Å². The van der Waals surface area contributed by atoms with Crippen LogP contribution in [0.1, 0.15) is 29.9 Å². The molecular formula is C18H24N4O2. The summed E-state index contributed by atoms with van der Waals surface area (Å²) in [6.07, 6.45) is 1.94. The first-order chi connectivity index (χ1) is 11.7. The molecule has 24 heavy (non-hydrogen) atoms. The molecule has 2 heterocycles. The predicted molar refractivity (Wildman–Crippen MR) is 92.3 cm³/mol. The van der Waals surface area contributed by atoms with Crippen molar-refractivity contribution in [1.29, 1.82) is 0 Å². The van der Waals surface area contributed by atoms with Crippen molar-refractivity contribution in [3.63, 3.8) is 0 Å². The first-order valence-electron chi connectivity index (χ1n) is 8.44. The van der Waals surface area contributed by atoms with Crippen LogP contribution < -0.4 is 5.32 Å². The Labute approximate surface area is 142 Å². The van der Waals surface area contributed by atoms with E-state index in [4.69, 9.17) is 4.74 Å². The number of esters is 1. The van der Waals surface area contributed by atoms with E-state index in [1.807, 2.05) is 43.5 Å². The molecule has 3 rings (SSSR count). The standard InChI is InChI=1S/C18H24N4O2/c1-3-24-18(23)17-15(12-21-10-9-19-14(2)11-21)13-22(20-17)16-7-5-4-6-8-16/h4-8,13-14,19H,3,9-12H2,1-2H3. The summed E-state index contributed by atoms with van der Waals surface area (Å²) >= 11 is 0. The number of piperazine rings is 1. The van der Waals surface area contributed by atoms with Gasteiger partial charge in [-0.2, -0.15) is 5.10 Å². The average Bonchev–Trinajstić information content (AvgIpc) is 3.00. The topological polar surface area (TPSA) is 59.4 Å². The largest absolute Gasteiger partial charge is 0.461 e. The van der Waals surface area contributed by atoms with Crippen LogP contribution in [0.4, 0.5) is 0 Å². The number of benzene rings is 1. The highest BCUT2D eigenvalue weighted by atomic mass is 16.5. The molecule has 128 valence electrons. The molecule has 1 atom stereocenters. The molecule has 0 radical (unpaired) electrons. The Bertz CT molecular complexity index is 684. The van der Waals surface area contributed by atoms with Gasteiger partial charge in [0.1, 0.15) is 0 Å². The lowest BCUT2D eigenvalue weighted by Crippen LogP contribution is -2.48. The van der Waals surface area contributed by atoms with Gasteiger partial charge in [0.15, 0.2) is 5.69 Å². The van der Waals surface area contributed by atoms with Gasteiger partial charge in [-0.05, 0) is 26.0 Å². The maximum absolute atomic E-state index is 12.3. The van der Waals surface area contributed by atoms with Crippen molar-refractivity contribution in [3.05, 3.63) is 47.8 Å². The van der Waals surface area contributed by atoms with Gasteiger partial charge >= 0.3 is 5.97 Å². The Morgan fingerprint density at radius 1 is 1.38 bits per heavy atom. The zero-order valence-corrected chi connectivity index (χ0v) is 14.2. The molecular weight excluding hydrogens is 304 g/mol. The monoisotopic (exact) mass is 328 g/mol. The van der Waals surface area contributed by atoms with Gasteiger partial charge in [-0.15, -0.1) is 0 Å². The summed E-state index contributed by atoms with van der Waals surface area (Å²) in [5.41, 5.74) is 2.25. The smallest absolute Gasteiger partial charge is 0.359 e. The molecule has 0 aliphatic carbocycles. The molecule has 6 heteroatoms. The van der Waals surface area contributed by atoms with Crippen molar-refractivity contribution in [2.75, 3.05) is 26.2 Å².